The number of rotatable bonds is 6. The third kappa shape index (κ3) is 5.15. The molecule has 0 radical (unpaired) electrons. The van der Waals surface area contributed by atoms with Crippen LogP contribution >= 0.6 is 0 Å². The Kier molecular flexibility index (Phi) is 5.45. The maximum absolute atomic E-state index is 5.73. The summed E-state index contributed by atoms with van der Waals surface area (Å²) in [5, 5.41) is 6.80. The average molecular weight is 382 g/mol. The van der Waals surface area contributed by atoms with Crippen molar-refractivity contribution < 1.29 is 5.73 Å². The first-order valence-corrected chi connectivity index (χ1v) is 9.63. The molecule has 0 unspecified atom stereocenters. The van der Waals surface area contributed by atoms with Gasteiger partial charge in [0, 0.05) is 40.6 Å². The summed E-state index contributed by atoms with van der Waals surface area (Å²) in [4.78, 5) is 0. The van der Waals surface area contributed by atoms with E-state index in [0.717, 1.165) is 40.5 Å². The van der Waals surface area contributed by atoms with Crippen molar-refractivity contribution in [3.63, 3.8) is 0 Å². The van der Waals surface area contributed by atoms with Crippen molar-refractivity contribution in [3.05, 3.63) is 108 Å². The average Bonchev–Trinajstić information content (AvgIpc) is 2.74. The highest BCUT2D eigenvalue weighted by Gasteiger charge is 2.00. The predicted molar refractivity (Wildman–Crippen MR) is 122 cm³/mol. The largest absolute Gasteiger partial charge is 0.399 e. The highest BCUT2D eigenvalue weighted by molar-refractivity contribution is 5.63. The maximum atomic E-state index is 5.73. The van der Waals surface area contributed by atoms with Crippen LogP contribution in [0.4, 0.5) is 34.1 Å². The summed E-state index contributed by atoms with van der Waals surface area (Å²) in [5.41, 5.74) is 18.2. The summed E-state index contributed by atoms with van der Waals surface area (Å²) >= 11 is 0. The first-order chi connectivity index (χ1) is 14.1. The molecule has 0 heterocycles. The van der Waals surface area contributed by atoms with Gasteiger partial charge in [0.05, 0.1) is 0 Å². The molecule has 0 fully saturated rings. The van der Waals surface area contributed by atoms with Crippen LogP contribution in [-0.4, -0.2) is 0 Å². The number of quaternary nitrogens is 1. The first-order valence-electron chi connectivity index (χ1n) is 9.63. The van der Waals surface area contributed by atoms with E-state index in [1.165, 1.54) is 11.1 Å². The third-order valence-corrected chi connectivity index (χ3v) is 4.76. The smallest absolute Gasteiger partial charge is 0.128 e. The molecule has 0 aliphatic carbocycles. The molecule has 0 bridgehead atoms. The van der Waals surface area contributed by atoms with Crippen LogP contribution in [0.1, 0.15) is 11.1 Å². The fourth-order valence-electron chi connectivity index (χ4n) is 3.14. The lowest BCUT2D eigenvalue weighted by molar-refractivity contribution is -0.254. The summed E-state index contributed by atoms with van der Waals surface area (Å²) in [5.74, 6) is 0. The molecule has 0 aromatic heterocycles. The standard InChI is InChI=1S/C25H24N4/c26-20-5-13-24(14-6-20)28-22-9-1-18(2-10-22)17-19-3-11-23(12-4-19)29-25-15-7-21(27)8-16-25/h1-16,28-29H,17,26-27H2/p+1. The van der Waals surface area contributed by atoms with Gasteiger partial charge < -0.3 is 22.1 Å². The lowest BCUT2D eigenvalue weighted by Crippen LogP contribution is -2.39. The van der Waals surface area contributed by atoms with Crippen molar-refractivity contribution in [3.8, 4) is 0 Å². The van der Waals surface area contributed by atoms with Crippen molar-refractivity contribution in [1.82, 2.24) is 0 Å². The Morgan fingerprint density at radius 3 is 1.28 bits per heavy atom. The van der Waals surface area contributed by atoms with Crippen LogP contribution in [0.2, 0.25) is 0 Å². The van der Waals surface area contributed by atoms with Crippen LogP contribution in [0.3, 0.4) is 0 Å². The maximum Gasteiger partial charge on any atom is 0.128 e. The predicted octanol–water partition coefficient (Wildman–Crippen LogP) is 5.22. The minimum Gasteiger partial charge on any atom is -0.399 e. The second-order valence-corrected chi connectivity index (χ2v) is 7.14. The quantitative estimate of drug-likeness (QED) is 0.346. The molecule has 144 valence electrons. The topological polar surface area (TPSA) is 77.7 Å². The molecule has 0 saturated carbocycles. The van der Waals surface area contributed by atoms with Gasteiger partial charge in [-0.05, 0) is 78.2 Å². The minimum atomic E-state index is 0.767. The van der Waals surface area contributed by atoms with Crippen LogP contribution in [0.25, 0.3) is 0 Å². The van der Waals surface area contributed by atoms with Crippen molar-refractivity contribution in [2.75, 3.05) is 16.4 Å². The number of benzene rings is 4. The second-order valence-electron chi connectivity index (χ2n) is 7.14. The molecular weight excluding hydrogens is 356 g/mol. The van der Waals surface area contributed by atoms with E-state index < -0.39 is 0 Å². The second kappa shape index (κ2) is 8.50. The number of anilines is 5. The number of hydrogen-bond acceptors (Lipinski definition) is 3. The summed E-state index contributed by atoms with van der Waals surface area (Å²) in [6, 6.07) is 32.9. The van der Waals surface area contributed by atoms with E-state index in [4.69, 9.17) is 5.73 Å². The van der Waals surface area contributed by atoms with E-state index in [1.54, 1.807) is 0 Å². The van der Waals surface area contributed by atoms with E-state index in [-0.39, 0.29) is 0 Å². The van der Waals surface area contributed by atoms with Gasteiger partial charge in [-0.2, -0.15) is 0 Å². The molecule has 0 aliphatic rings. The molecule has 0 amide bonds. The number of nitrogens with two attached hydrogens (primary N) is 1. The molecule has 4 aromatic carbocycles. The Morgan fingerprint density at radius 2 is 0.862 bits per heavy atom. The van der Waals surface area contributed by atoms with Gasteiger partial charge in [0.15, 0.2) is 0 Å². The van der Waals surface area contributed by atoms with Crippen LogP contribution in [0.15, 0.2) is 97.1 Å². The molecule has 7 N–H and O–H groups in total. The Morgan fingerprint density at radius 1 is 0.517 bits per heavy atom. The zero-order valence-corrected chi connectivity index (χ0v) is 16.2. The third-order valence-electron chi connectivity index (χ3n) is 4.76. The van der Waals surface area contributed by atoms with Gasteiger partial charge in [-0.1, -0.05) is 24.3 Å². The molecule has 0 saturated heterocycles. The van der Waals surface area contributed by atoms with Gasteiger partial charge in [-0.25, -0.2) is 0 Å². The Labute approximate surface area is 171 Å². The first kappa shape index (κ1) is 18.6. The molecule has 4 heteroatoms. The number of nitrogen functional groups attached to an aromatic ring is 1. The summed E-state index contributed by atoms with van der Waals surface area (Å²) in [6.45, 7) is 0. The minimum absolute atomic E-state index is 0.767. The zero-order chi connectivity index (χ0) is 20.1. The van der Waals surface area contributed by atoms with E-state index in [0.29, 0.717) is 0 Å². The molecule has 4 rings (SSSR count). The molecule has 0 spiro atoms. The van der Waals surface area contributed by atoms with E-state index in [9.17, 15) is 0 Å². The van der Waals surface area contributed by atoms with E-state index in [2.05, 4.69) is 64.9 Å². The van der Waals surface area contributed by atoms with Gasteiger partial charge >= 0.3 is 0 Å². The van der Waals surface area contributed by atoms with Crippen molar-refractivity contribution in [2.24, 2.45) is 0 Å². The fourth-order valence-corrected chi connectivity index (χ4v) is 3.14. The lowest BCUT2D eigenvalue weighted by atomic mass is 10.0. The monoisotopic (exact) mass is 381 g/mol. The van der Waals surface area contributed by atoms with E-state index in [1.807, 2.05) is 48.5 Å². The summed E-state index contributed by atoms with van der Waals surface area (Å²) in [7, 11) is 0. The highest BCUT2D eigenvalue weighted by atomic mass is 14.9. The van der Waals surface area contributed by atoms with Crippen LogP contribution in [-0.2, 0) is 6.42 Å². The van der Waals surface area contributed by atoms with Crippen LogP contribution in [0.5, 0.6) is 0 Å². The zero-order valence-electron chi connectivity index (χ0n) is 16.2. The Hall–Kier alpha value is -3.76. The molecule has 0 atom stereocenters. The SMILES string of the molecule is Nc1ccc(Nc2ccc(Cc3ccc(Nc4ccc([NH3+])cc4)cc3)cc2)cc1. The van der Waals surface area contributed by atoms with Gasteiger partial charge in [-0.15, -0.1) is 0 Å². The van der Waals surface area contributed by atoms with E-state index >= 15 is 0 Å². The van der Waals surface area contributed by atoms with Crippen molar-refractivity contribution in [2.45, 2.75) is 6.42 Å². The fraction of sp³-hybridized carbons (Fsp3) is 0.0400. The molecule has 0 aliphatic heterocycles. The summed E-state index contributed by atoms with van der Waals surface area (Å²) < 4.78 is 0. The van der Waals surface area contributed by atoms with Crippen LogP contribution < -0.4 is 22.1 Å². The summed E-state index contributed by atoms with van der Waals surface area (Å²) in [6.07, 6.45) is 0.901. The highest BCUT2D eigenvalue weighted by Crippen LogP contribution is 2.21. The van der Waals surface area contributed by atoms with Gasteiger partial charge in [0.2, 0.25) is 0 Å². The molecular formula is C25H25N4+. The van der Waals surface area contributed by atoms with Gasteiger partial charge in [0.1, 0.15) is 5.69 Å². The number of nitrogens with one attached hydrogen (secondary N) is 2. The van der Waals surface area contributed by atoms with Crippen molar-refractivity contribution >= 4 is 34.1 Å². The molecule has 4 aromatic rings. The Balaban J connectivity index is 1.36. The lowest BCUT2D eigenvalue weighted by Gasteiger charge is -2.09. The van der Waals surface area contributed by atoms with Gasteiger partial charge in [0.25, 0.3) is 0 Å². The molecule has 29 heavy (non-hydrogen) atoms. The normalized spacial score (nSPS) is 10.5. The number of hydrogen-bond donors (Lipinski definition) is 4. The Bertz CT molecular complexity index is 963. The van der Waals surface area contributed by atoms with Crippen LogP contribution in [0, 0.1) is 0 Å². The van der Waals surface area contributed by atoms with Gasteiger partial charge in [-0.3, -0.25) is 0 Å². The van der Waals surface area contributed by atoms with Crippen molar-refractivity contribution in [1.29, 1.82) is 0 Å². The molecule has 4 nitrogen and oxygen atoms in total.